The van der Waals surface area contributed by atoms with E-state index in [-0.39, 0.29) is 18.3 Å². The minimum absolute atomic E-state index is 0. The van der Waals surface area contributed by atoms with Gasteiger partial charge in [-0.25, -0.2) is 0 Å². The van der Waals surface area contributed by atoms with Crippen LogP contribution in [0.4, 0.5) is 0 Å². The van der Waals surface area contributed by atoms with Crippen molar-refractivity contribution in [3.8, 4) is 0 Å². The first-order valence-electron chi connectivity index (χ1n) is 6.21. The van der Waals surface area contributed by atoms with E-state index in [0.717, 1.165) is 26.1 Å². The summed E-state index contributed by atoms with van der Waals surface area (Å²) in [6, 6.07) is 0.437. The molecule has 16 heavy (non-hydrogen) atoms. The largest absolute Gasteiger partial charge is 0.339 e. The van der Waals surface area contributed by atoms with E-state index < -0.39 is 0 Å². The number of hydrogen-bond donors (Lipinski definition) is 1. The summed E-state index contributed by atoms with van der Waals surface area (Å²) in [4.78, 5) is 14.4. The molecule has 4 heteroatoms. The molecule has 0 aromatic heterocycles. The Labute approximate surface area is 104 Å². The first-order valence-corrected chi connectivity index (χ1v) is 6.21. The molecule has 0 aliphatic carbocycles. The zero-order valence-corrected chi connectivity index (χ0v) is 11.1. The Kier molecular flexibility index (Phi) is 5.06. The Hall–Kier alpha value is -0.280. The summed E-state index contributed by atoms with van der Waals surface area (Å²) in [5.41, 5.74) is 0. The molecule has 2 rings (SSSR count). The highest BCUT2D eigenvalue weighted by molar-refractivity contribution is 5.85. The molecule has 1 amide bonds. The van der Waals surface area contributed by atoms with E-state index in [9.17, 15) is 4.79 Å². The molecule has 0 saturated carbocycles. The van der Waals surface area contributed by atoms with Crippen LogP contribution in [0.15, 0.2) is 0 Å². The second kappa shape index (κ2) is 5.87. The third-order valence-corrected chi connectivity index (χ3v) is 4.07. The number of rotatable bonds is 1. The number of carbonyl (C=O) groups excluding carboxylic acids is 1. The standard InChI is InChI=1S/C12H22N2O.ClH/c1-9-4-3-7-14(10(9)2)12(15)11-5-6-13-8-11;/h9-11,13H,3-8H2,1-2H3;1H/t9?,10?,11-;/m1./s1. The maximum Gasteiger partial charge on any atom is 0.227 e. The van der Waals surface area contributed by atoms with Crippen LogP contribution in [0.1, 0.15) is 33.1 Å². The maximum atomic E-state index is 12.2. The van der Waals surface area contributed by atoms with Gasteiger partial charge in [0.1, 0.15) is 0 Å². The molecule has 2 heterocycles. The summed E-state index contributed by atoms with van der Waals surface area (Å²) in [5, 5.41) is 3.27. The third-order valence-electron chi connectivity index (χ3n) is 4.07. The van der Waals surface area contributed by atoms with Crippen LogP contribution in [0.5, 0.6) is 0 Å². The van der Waals surface area contributed by atoms with Crippen LogP contribution in [0, 0.1) is 11.8 Å². The normalized spacial score (nSPS) is 34.6. The van der Waals surface area contributed by atoms with Crippen LogP contribution in [-0.2, 0) is 4.79 Å². The summed E-state index contributed by atoms with van der Waals surface area (Å²) in [6.45, 7) is 7.33. The highest BCUT2D eigenvalue weighted by Crippen LogP contribution is 2.25. The van der Waals surface area contributed by atoms with Crippen LogP contribution in [0.3, 0.4) is 0 Å². The van der Waals surface area contributed by atoms with Gasteiger partial charge in [-0.15, -0.1) is 12.4 Å². The van der Waals surface area contributed by atoms with Crippen molar-refractivity contribution in [3.05, 3.63) is 0 Å². The van der Waals surface area contributed by atoms with E-state index >= 15 is 0 Å². The smallest absolute Gasteiger partial charge is 0.227 e. The van der Waals surface area contributed by atoms with E-state index in [1.807, 2.05) is 0 Å². The van der Waals surface area contributed by atoms with Crippen LogP contribution < -0.4 is 5.32 Å². The molecule has 94 valence electrons. The molecule has 3 nitrogen and oxygen atoms in total. The predicted octanol–water partition coefficient (Wildman–Crippen LogP) is 1.66. The summed E-state index contributed by atoms with van der Waals surface area (Å²) >= 11 is 0. The summed E-state index contributed by atoms with van der Waals surface area (Å²) in [5.74, 6) is 1.30. The van der Waals surface area contributed by atoms with Gasteiger partial charge in [-0.05, 0) is 38.6 Å². The Bertz CT molecular complexity index is 241. The molecular weight excluding hydrogens is 224 g/mol. The van der Waals surface area contributed by atoms with E-state index in [1.54, 1.807) is 0 Å². The van der Waals surface area contributed by atoms with Crippen molar-refractivity contribution >= 4 is 18.3 Å². The monoisotopic (exact) mass is 246 g/mol. The lowest BCUT2D eigenvalue weighted by molar-refractivity contribution is -0.139. The molecule has 2 fully saturated rings. The van der Waals surface area contributed by atoms with Crippen LogP contribution >= 0.6 is 12.4 Å². The van der Waals surface area contributed by atoms with Gasteiger partial charge < -0.3 is 10.2 Å². The number of hydrogen-bond acceptors (Lipinski definition) is 2. The van der Waals surface area contributed by atoms with E-state index in [0.29, 0.717) is 17.9 Å². The van der Waals surface area contributed by atoms with Crippen molar-refractivity contribution in [2.45, 2.75) is 39.2 Å². The van der Waals surface area contributed by atoms with Gasteiger partial charge in [0.25, 0.3) is 0 Å². The highest BCUT2D eigenvalue weighted by atomic mass is 35.5. The fraction of sp³-hybridized carbons (Fsp3) is 0.917. The molecule has 0 aromatic rings. The number of piperidine rings is 1. The lowest BCUT2D eigenvalue weighted by atomic mass is 9.91. The quantitative estimate of drug-likeness (QED) is 0.763. The average Bonchev–Trinajstić information content (AvgIpc) is 2.74. The molecule has 2 aliphatic heterocycles. The molecule has 0 radical (unpaired) electrons. The molecule has 1 N–H and O–H groups in total. The molecule has 0 aromatic carbocycles. The van der Waals surface area contributed by atoms with Crippen molar-refractivity contribution in [2.24, 2.45) is 11.8 Å². The van der Waals surface area contributed by atoms with Gasteiger partial charge in [-0.1, -0.05) is 6.92 Å². The third kappa shape index (κ3) is 2.69. The number of nitrogens with one attached hydrogen (secondary N) is 1. The fourth-order valence-corrected chi connectivity index (χ4v) is 2.75. The first kappa shape index (κ1) is 13.8. The second-order valence-corrected chi connectivity index (χ2v) is 5.08. The van der Waals surface area contributed by atoms with Gasteiger partial charge in [0.15, 0.2) is 0 Å². The molecule has 2 saturated heterocycles. The zero-order chi connectivity index (χ0) is 10.8. The molecule has 3 atom stereocenters. The average molecular weight is 247 g/mol. The Morgan fingerprint density at radius 1 is 1.31 bits per heavy atom. The van der Waals surface area contributed by atoms with Crippen molar-refractivity contribution in [2.75, 3.05) is 19.6 Å². The Balaban J connectivity index is 0.00000128. The minimum atomic E-state index is 0. The molecule has 2 unspecified atom stereocenters. The Morgan fingerprint density at radius 2 is 2.06 bits per heavy atom. The van der Waals surface area contributed by atoms with Crippen LogP contribution in [0.2, 0.25) is 0 Å². The van der Waals surface area contributed by atoms with Crippen molar-refractivity contribution in [1.29, 1.82) is 0 Å². The Morgan fingerprint density at radius 3 is 2.69 bits per heavy atom. The van der Waals surface area contributed by atoms with E-state index in [2.05, 4.69) is 24.1 Å². The number of amides is 1. The molecular formula is C12H23ClN2O. The topological polar surface area (TPSA) is 32.3 Å². The number of carbonyl (C=O) groups is 1. The SMILES string of the molecule is CC1CCCN(C(=O)[C@@H]2CCNC2)C1C.Cl. The second-order valence-electron chi connectivity index (χ2n) is 5.08. The molecule has 2 aliphatic rings. The van der Waals surface area contributed by atoms with Crippen molar-refractivity contribution in [1.82, 2.24) is 10.2 Å². The van der Waals surface area contributed by atoms with Gasteiger partial charge in [0, 0.05) is 19.1 Å². The van der Waals surface area contributed by atoms with Crippen molar-refractivity contribution < 1.29 is 4.79 Å². The summed E-state index contributed by atoms with van der Waals surface area (Å²) in [7, 11) is 0. The van der Waals surface area contributed by atoms with Crippen LogP contribution in [0.25, 0.3) is 0 Å². The summed E-state index contributed by atoms with van der Waals surface area (Å²) < 4.78 is 0. The van der Waals surface area contributed by atoms with Crippen molar-refractivity contribution in [3.63, 3.8) is 0 Å². The first-order chi connectivity index (χ1) is 7.20. The fourth-order valence-electron chi connectivity index (χ4n) is 2.75. The van der Waals surface area contributed by atoms with Gasteiger partial charge in [0.05, 0.1) is 5.92 Å². The van der Waals surface area contributed by atoms with Gasteiger partial charge in [-0.2, -0.15) is 0 Å². The maximum absolute atomic E-state index is 12.2. The molecule has 0 spiro atoms. The predicted molar refractivity (Wildman–Crippen MR) is 67.8 cm³/mol. The van der Waals surface area contributed by atoms with Gasteiger partial charge in [0.2, 0.25) is 5.91 Å². The van der Waals surface area contributed by atoms with Crippen LogP contribution in [-0.4, -0.2) is 36.5 Å². The van der Waals surface area contributed by atoms with E-state index in [1.165, 1.54) is 12.8 Å². The number of nitrogens with zero attached hydrogens (tertiary/aromatic N) is 1. The minimum Gasteiger partial charge on any atom is -0.339 e. The zero-order valence-electron chi connectivity index (χ0n) is 10.2. The van der Waals surface area contributed by atoms with Gasteiger partial charge >= 0.3 is 0 Å². The van der Waals surface area contributed by atoms with E-state index in [4.69, 9.17) is 0 Å². The highest BCUT2D eigenvalue weighted by Gasteiger charge is 2.33. The number of halogens is 1. The lowest BCUT2D eigenvalue weighted by Gasteiger charge is -2.39. The number of likely N-dealkylation sites (tertiary alicyclic amines) is 1. The van der Waals surface area contributed by atoms with Gasteiger partial charge in [-0.3, -0.25) is 4.79 Å². The molecule has 0 bridgehead atoms. The summed E-state index contributed by atoms with van der Waals surface area (Å²) in [6.07, 6.45) is 3.47. The lowest BCUT2D eigenvalue weighted by Crippen LogP contribution is -2.48.